The van der Waals surface area contributed by atoms with Crippen molar-refractivity contribution in [1.82, 2.24) is 9.88 Å². The third kappa shape index (κ3) is 4.11. The van der Waals surface area contributed by atoms with E-state index in [-0.39, 0.29) is 5.91 Å². The molecule has 3 aromatic rings. The molecule has 4 rings (SSSR count). The molecule has 2 heterocycles. The van der Waals surface area contributed by atoms with Gasteiger partial charge in [-0.3, -0.25) is 9.69 Å². The summed E-state index contributed by atoms with van der Waals surface area (Å²) in [7, 11) is 4.00. The van der Waals surface area contributed by atoms with Gasteiger partial charge < -0.3 is 4.90 Å². The molecule has 7 heteroatoms. The van der Waals surface area contributed by atoms with Gasteiger partial charge in [0, 0.05) is 26.3 Å². The van der Waals surface area contributed by atoms with E-state index >= 15 is 0 Å². The summed E-state index contributed by atoms with van der Waals surface area (Å²) in [5, 5.41) is 1.28. The molecule has 2 aromatic carbocycles. The minimum absolute atomic E-state index is 0.0635. The highest BCUT2D eigenvalue weighted by Crippen LogP contribution is 2.36. The van der Waals surface area contributed by atoms with Crippen LogP contribution in [0.1, 0.15) is 5.56 Å². The number of amides is 1. The van der Waals surface area contributed by atoms with E-state index in [1.165, 1.54) is 23.1 Å². The van der Waals surface area contributed by atoms with Crippen molar-refractivity contribution in [2.24, 2.45) is 4.99 Å². The fraction of sp³-hybridized carbons (Fsp3) is 0.136. The molecule has 0 aliphatic carbocycles. The van der Waals surface area contributed by atoms with Gasteiger partial charge in [0.1, 0.15) is 0 Å². The molecule has 0 radical (unpaired) electrons. The number of hydrogen-bond donors (Lipinski definition) is 0. The molecule has 1 amide bonds. The molecular formula is C22H20N4OS2. The average molecular weight is 421 g/mol. The highest BCUT2D eigenvalue weighted by atomic mass is 32.2. The number of thiazole rings is 1. The zero-order chi connectivity index (χ0) is 20.4. The zero-order valence-corrected chi connectivity index (χ0v) is 17.8. The zero-order valence-electron chi connectivity index (χ0n) is 16.2. The predicted molar refractivity (Wildman–Crippen MR) is 125 cm³/mol. The summed E-state index contributed by atoms with van der Waals surface area (Å²) >= 11 is 2.89. The van der Waals surface area contributed by atoms with Gasteiger partial charge in [-0.1, -0.05) is 41.7 Å². The molecule has 1 fully saturated rings. The summed E-state index contributed by atoms with van der Waals surface area (Å²) in [6.07, 6.45) is 3.62. The maximum atomic E-state index is 12.9. The van der Waals surface area contributed by atoms with Crippen molar-refractivity contribution in [2.75, 3.05) is 25.5 Å². The van der Waals surface area contributed by atoms with Crippen LogP contribution in [0.2, 0.25) is 0 Å². The van der Waals surface area contributed by atoms with Crippen LogP contribution in [0.3, 0.4) is 0 Å². The van der Waals surface area contributed by atoms with Crippen molar-refractivity contribution in [2.45, 2.75) is 0 Å². The first-order valence-electron chi connectivity index (χ1n) is 9.09. The number of aromatic nitrogens is 1. The van der Waals surface area contributed by atoms with Crippen LogP contribution in [0, 0.1) is 0 Å². The van der Waals surface area contributed by atoms with Gasteiger partial charge >= 0.3 is 0 Å². The van der Waals surface area contributed by atoms with Crippen molar-refractivity contribution < 1.29 is 4.79 Å². The number of thioether (sulfide) groups is 1. The van der Waals surface area contributed by atoms with Crippen LogP contribution in [0.25, 0.3) is 16.3 Å². The Morgan fingerprint density at radius 2 is 1.93 bits per heavy atom. The summed E-state index contributed by atoms with van der Waals surface area (Å²) in [5.74, 6) is -0.0635. The van der Waals surface area contributed by atoms with Gasteiger partial charge in [-0.15, -0.1) is 6.58 Å². The van der Waals surface area contributed by atoms with Crippen molar-refractivity contribution in [3.8, 4) is 0 Å². The molecule has 0 bridgehead atoms. The first-order chi connectivity index (χ1) is 14.0. The largest absolute Gasteiger partial charge is 0.378 e. The predicted octanol–water partition coefficient (Wildman–Crippen LogP) is 5.15. The number of anilines is 1. The van der Waals surface area contributed by atoms with Crippen molar-refractivity contribution in [3.05, 3.63) is 71.7 Å². The Morgan fingerprint density at radius 1 is 1.17 bits per heavy atom. The van der Waals surface area contributed by atoms with Crippen LogP contribution in [0.15, 0.2) is 71.1 Å². The molecule has 1 saturated heterocycles. The second kappa shape index (κ2) is 8.23. The Bertz CT molecular complexity index is 1100. The quantitative estimate of drug-likeness (QED) is 0.423. The number of amidine groups is 1. The summed E-state index contributed by atoms with van der Waals surface area (Å²) in [5.41, 5.74) is 3.01. The number of nitrogens with zero attached hydrogens (tertiary/aromatic N) is 4. The number of hydrogen-bond acceptors (Lipinski definition) is 6. The Labute approximate surface area is 178 Å². The highest BCUT2D eigenvalue weighted by molar-refractivity contribution is 8.18. The molecule has 1 aliphatic rings. The number of carbonyl (C=O) groups is 1. The van der Waals surface area contributed by atoms with Gasteiger partial charge in [-0.2, -0.15) is 4.99 Å². The Balaban J connectivity index is 1.65. The monoisotopic (exact) mass is 420 g/mol. The fourth-order valence-corrected chi connectivity index (χ4v) is 4.78. The number of rotatable bonds is 5. The molecule has 146 valence electrons. The van der Waals surface area contributed by atoms with E-state index in [0.29, 0.717) is 21.7 Å². The second-order valence-corrected chi connectivity index (χ2v) is 8.68. The Kier molecular flexibility index (Phi) is 5.51. The Hall–Kier alpha value is -2.90. The maximum absolute atomic E-state index is 12.9. The molecule has 1 aromatic heterocycles. The van der Waals surface area contributed by atoms with Gasteiger partial charge in [0.15, 0.2) is 5.17 Å². The van der Waals surface area contributed by atoms with E-state index in [1.807, 2.05) is 73.6 Å². The molecule has 29 heavy (non-hydrogen) atoms. The minimum atomic E-state index is -0.0635. The van der Waals surface area contributed by atoms with E-state index in [4.69, 9.17) is 0 Å². The third-order valence-corrected chi connectivity index (χ3v) is 6.32. The fourth-order valence-electron chi connectivity index (χ4n) is 2.89. The van der Waals surface area contributed by atoms with E-state index in [0.717, 1.165) is 21.5 Å². The number of para-hydroxylation sites is 1. The lowest BCUT2D eigenvalue weighted by atomic mass is 10.2. The molecule has 0 atom stereocenters. The molecule has 5 nitrogen and oxygen atoms in total. The molecular weight excluding hydrogens is 400 g/mol. The molecule has 0 saturated carbocycles. The minimum Gasteiger partial charge on any atom is -0.378 e. The average Bonchev–Trinajstić information content (AvgIpc) is 3.24. The first kappa shape index (κ1) is 19.4. The maximum Gasteiger partial charge on any atom is 0.267 e. The van der Waals surface area contributed by atoms with Crippen molar-refractivity contribution >= 4 is 61.3 Å². The summed E-state index contributed by atoms with van der Waals surface area (Å²) in [6.45, 7) is 4.18. The number of aliphatic imine (C=N–C) groups is 1. The van der Waals surface area contributed by atoms with Gasteiger partial charge in [0.2, 0.25) is 5.13 Å². The summed E-state index contributed by atoms with van der Waals surface area (Å²) < 4.78 is 1.08. The lowest BCUT2D eigenvalue weighted by molar-refractivity contribution is -0.121. The molecule has 0 spiro atoms. The van der Waals surface area contributed by atoms with Gasteiger partial charge in [0.25, 0.3) is 5.91 Å². The smallest absolute Gasteiger partial charge is 0.267 e. The number of fused-ring (bicyclic) bond motifs is 1. The van der Waals surface area contributed by atoms with Crippen molar-refractivity contribution in [3.63, 3.8) is 0 Å². The second-order valence-electron chi connectivity index (χ2n) is 6.66. The van der Waals surface area contributed by atoms with E-state index < -0.39 is 0 Å². The van der Waals surface area contributed by atoms with E-state index in [2.05, 4.69) is 16.6 Å². The number of carbonyl (C=O) groups excluding carboxylic acids is 1. The van der Waals surface area contributed by atoms with Crippen LogP contribution in [0.5, 0.6) is 0 Å². The SMILES string of the molecule is C=CCN1C(=O)/C(=C/c2ccc(N(C)C)cc2)S/C1=N/c1nc2ccccc2s1. The normalized spacial score (nSPS) is 16.9. The van der Waals surface area contributed by atoms with Crippen LogP contribution >= 0.6 is 23.1 Å². The van der Waals surface area contributed by atoms with E-state index in [1.54, 1.807) is 11.0 Å². The van der Waals surface area contributed by atoms with Crippen LogP contribution in [-0.4, -0.2) is 41.6 Å². The molecule has 0 unspecified atom stereocenters. The third-order valence-electron chi connectivity index (χ3n) is 4.38. The topological polar surface area (TPSA) is 48.8 Å². The lowest BCUT2D eigenvalue weighted by Crippen LogP contribution is -2.29. The molecule has 1 aliphatic heterocycles. The summed E-state index contributed by atoms with van der Waals surface area (Å²) in [6, 6.07) is 16.0. The van der Waals surface area contributed by atoms with Crippen molar-refractivity contribution in [1.29, 1.82) is 0 Å². The molecule has 0 N–H and O–H groups in total. The van der Waals surface area contributed by atoms with Crippen LogP contribution < -0.4 is 4.90 Å². The highest BCUT2D eigenvalue weighted by Gasteiger charge is 2.32. The van der Waals surface area contributed by atoms with Gasteiger partial charge in [-0.05, 0) is 47.7 Å². The standard InChI is InChI=1S/C22H20N4OS2/c1-4-13-26-20(27)19(14-15-9-11-16(12-10-15)25(2)3)29-22(26)24-21-23-17-7-5-6-8-18(17)28-21/h4-12,14H,1,13H2,2-3H3/b19-14-,24-22+. The van der Waals surface area contributed by atoms with Crippen LogP contribution in [0.4, 0.5) is 10.8 Å². The van der Waals surface area contributed by atoms with E-state index in [9.17, 15) is 4.79 Å². The van der Waals surface area contributed by atoms with Gasteiger partial charge in [0.05, 0.1) is 15.1 Å². The van der Waals surface area contributed by atoms with Gasteiger partial charge in [-0.25, -0.2) is 4.98 Å². The first-order valence-corrected chi connectivity index (χ1v) is 10.7. The lowest BCUT2D eigenvalue weighted by Gasteiger charge is -2.12. The number of benzene rings is 2. The van der Waals surface area contributed by atoms with Crippen LogP contribution in [-0.2, 0) is 4.79 Å². The summed E-state index contributed by atoms with van der Waals surface area (Å²) in [4.78, 5) is 26.5. The Morgan fingerprint density at radius 3 is 2.62 bits per heavy atom.